The highest BCUT2D eigenvalue weighted by atomic mass is 16.5. The van der Waals surface area contributed by atoms with Crippen molar-refractivity contribution in [1.29, 1.82) is 0 Å². The molecule has 0 saturated carbocycles. The lowest BCUT2D eigenvalue weighted by Crippen LogP contribution is -2.09. The molecule has 0 atom stereocenters. The van der Waals surface area contributed by atoms with Crippen molar-refractivity contribution in [3.8, 4) is 11.5 Å². The summed E-state index contributed by atoms with van der Waals surface area (Å²) in [7, 11) is 0. The third-order valence-electron chi connectivity index (χ3n) is 5.56. The molecule has 4 nitrogen and oxygen atoms in total. The lowest BCUT2D eigenvalue weighted by molar-refractivity contribution is 0.283. The van der Waals surface area contributed by atoms with E-state index in [2.05, 4.69) is 66.9 Å². The number of imidazole rings is 1. The molecule has 0 aliphatic heterocycles. The van der Waals surface area contributed by atoms with E-state index in [1.165, 1.54) is 5.56 Å². The Kier molecular flexibility index (Phi) is 6.88. The van der Waals surface area contributed by atoms with Crippen molar-refractivity contribution in [3.63, 3.8) is 0 Å². The number of aromatic nitrogens is 2. The van der Waals surface area contributed by atoms with Crippen LogP contribution in [0.25, 0.3) is 11.0 Å². The number of hydrogen-bond donors (Lipinski definition) is 0. The maximum atomic E-state index is 6.09. The topological polar surface area (TPSA) is 36.3 Å². The number of para-hydroxylation sites is 3. The third-order valence-corrected chi connectivity index (χ3v) is 5.56. The van der Waals surface area contributed by atoms with E-state index >= 15 is 0 Å². The Labute approximate surface area is 184 Å². The predicted molar refractivity (Wildman–Crippen MR) is 126 cm³/mol. The van der Waals surface area contributed by atoms with Crippen LogP contribution >= 0.6 is 0 Å². The maximum absolute atomic E-state index is 6.09. The number of unbranched alkanes of at least 4 members (excludes halogenated alkanes) is 1. The Bertz CT molecular complexity index is 1120. The summed E-state index contributed by atoms with van der Waals surface area (Å²) in [5, 5.41) is 0. The number of benzene rings is 3. The van der Waals surface area contributed by atoms with Gasteiger partial charge in [-0.1, -0.05) is 49.4 Å². The molecule has 4 heteroatoms. The molecule has 0 aliphatic carbocycles. The van der Waals surface area contributed by atoms with Gasteiger partial charge in [-0.05, 0) is 67.6 Å². The molecule has 160 valence electrons. The first-order valence-corrected chi connectivity index (χ1v) is 11.1. The summed E-state index contributed by atoms with van der Waals surface area (Å²) in [6.45, 7) is 6.29. The number of rotatable bonds is 10. The van der Waals surface area contributed by atoms with E-state index in [1.807, 2.05) is 24.3 Å². The summed E-state index contributed by atoms with van der Waals surface area (Å²) in [5.74, 6) is 2.81. The van der Waals surface area contributed by atoms with Gasteiger partial charge < -0.3 is 14.0 Å². The fourth-order valence-electron chi connectivity index (χ4n) is 3.73. The van der Waals surface area contributed by atoms with Crippen molar-refractivity contribution in [2.75, 3.05) is 6.61 Å². The molecule has 4 aromatic rings. The Balaban J connectivity index is 1.36. The molecular weight excluding hydrogens is 384 g/mol. The van der Waals surface area contributed by atoms with E-state index in [1.54, 1.807) is 0 Å². The van der Waals surface area contributed by atoms with Crippen LogP contribution in [0.15, 0.2) is 72.8 Å². The molecule has 0 radical (unpaired) electrons. The van der Waals surface area contributed by atoms with Gasteiger partial charge in [-0.2, -0.15) is 0 Å². The average Bonchev–Trinajstić information content (AvgIpc) is 3.16. The Morgan fingerprint density at radius 1 is 0.839 bits per heavy atom. The quantitative estimate of drug-likeness (QED) is 0.284. The zero-order chi connectivity index (χ0) is 21.5. The van der Waals surface area contributed by atoms with E-state index in [0.717, 1.165) is 59.7 Å². The van der Waals surface area contributed by atoms with Crippen LogP contribution in [0.3, 0.4) is 0 Å². The molecule has 0 unspecified atom stereocenters. The fourth-order valence-corrected chi connectivity index (χ4v) is 3.73. The predicted octanol–water partition coefficient (Wildman–Crippen LogP) is 6.35. The van der Waals surface area contributed by atoms with Crippen LogP contribution in [0.2, 0.25) is 0 Å². The molecule has 31 heavy (non-hydrogen) atoms. The van der Waals surface area contributed by atoms with Crippen molar-refractivity contribution in [1.82, 2.24) is 9.55 Å². The summed E-state index contributed by atoms with van der Waals surface area (Å²) < 4.78 is 14.3. The van der Waals surface area contributed by atoms with E-state index in [9.17, 15) is 0 Å². The van der Waals surface area contributed by atoms with Gasteiger partial charge in [0.25, 0.3) is 0 Å². The number of hydrogen-bond acceptors (Lipinski definition) is 3. The second-order valence-corrected chi connectivity index (χ2v) is 7.78. The van der Waals surface area contributed by atoms with Gasteiger partial charge >= 0.3 is 0 Å². The Morgan fingerprint density at radius 3 is 2.42 bits per heavy atom. The number of aryl methyl sites for hydroxylation is 3. The molecular formula is C27H30N2O2. The standard InChI is InChI=1S/C27H30N2O2/c1-3-22-14-16-23(17-15-22)30-19-9-8-18-29-25-12-6-5-11-24(25)28-27(29)20-31-26-13-7-4-10-21(26)2/h4-7,10-17H,3,8-9,18-20H2,1-2H3. The van der Waals surface area contributed by atoms with Gasteiger partial charge in [0.05, 0.1) is 17.6 Å². The van der Waals surface area contributed by atoms with Gasteiger partial charge in [-0.3, -0.25) is 0 Å². The van der Waals surface area contributed by atoms with Gasteiger partial charge in [0, 0.05) is 6.54 Å². The van der Waals surface area contributed by atoms with Crippen LogP contribution in [0.1, 0.15) is 36.7 Å². The summed E-state index contributed by atoms with van der Waals surface area (Å²) in [4.78, 5) is 4.83. The van der Waals surface area contributed by atoms with Crippen LogP contribution in [-0.2, 0) is 19.6 Å². The van der Waals surface area contributed by atoms with Crippen molar-refractivity contribution < 1.29 is 9.47 Å². The van der Waals surface area contributed by atoms with E-state index < -0.39 is 0 Å². The van der Waals surface area contributed by atoms with Crippen molar-refractivity contribution >= 4 is 11.0 Å². The second kappa shape index (κ2) is 10.2. The lowest BCUT2D eigenvalue weighted by atomic mass is 10.2. The van der Waals surface area contributed by atoms with Crippen LogP contribution in [-0.4, -0.2) is 16.2 Å². The maximum Gasteiger partial charge on any atom is 0.147 e. The molecule has 0 fully saturated rings. The highest BCUT2D eigenvalue weighted by Gasteiger charge is 2.11. The number of fused-ring (bicyclic) bond motifs is 1. The van der Waals surface area contributed by atoms with Crippen LogP contribution in [0, 0.1) is 6.92 Å². The first-order chi connectivity index (χ1) is 15.2. The first kappa shape index (κ1) is 21.0. The lowest BCUT2D eigenvalue weighted by Gasteiger charge is -2.12. The Morgan fingerprint density at radius 2 is 1.61 bits per heavy atom. The van der Waals surface area contributed by atoms with Crippen molar-refractivity contribution in [2.24, 2.45) is 0 Å². The molecule has 1 heterocycles. The molecule has 0 saturated heterocycles. The third kappa shape index (κ3) is 5.26. The van der Waals surface area contributed by atoms with E-state index in [-0.39, 0.29) is 0 Å². The molecule has 0 bridgehead atoms. The molecule has 0 spiro atoms. The van der Waals surface area contributed by atoms with Gasteiger partial charge in [0.1, 0.15) is 23.9 Å². The van der Waals surface area contributed by atoms with E-state index in [4.69, 9.17) is 14.5 Å². The SMILES string of the molecule is CCc1ccc(OCCCCn2c(COc3ccccc3C)nc3ccccc32)cc1. The summed E-state index contributed by atoms with van der Waals surface area (Å²) in [6, 6.07) is 24.8. The molecule has 4 rings (SSSR count). The van der Waals surface area contributed by atoms with Crippen molar-refractivity contribution in [3.05, 3.63) is 89.7 Å². The monoisotopic (exact) mass is 414 g/mol. The van der Waals surface area contributed by atoms with Crippen molar-refractivity contribution in [2.45, 2.75) is 46.3 Å². The summed E-state index contributed by atoms with van der Waals surface area (Å²) in [6.07, 6.45) is 3.06. The van der Waals surface area contributed by atoms with Gasteiger partial charge in [-0.25, -0.2) is 4.98 Å². The molecule has 1 aromatic heterocycles. The molecule has 0 N–H and O–H groups in total. The first-order valence-electron chi connectivity index (χ1n) is 11.1. The van der Waals surface area contributed by atoms with E-state index in [0.29, 0.717) is 13.2 Å². The minimum Gasteiger partial charge on any atom is -0.494 e. The zero-order valence-corrected chi connectivity index (χ0v) is 18.4. The summed E-state index contributed by atoms with van der Waals surface area (Å²) >= 11 is 0. The normalized spacial score (nSPS) is 11.0. The van der Waals surface area contributed by atoms with Crippen LogP contribution < -0.4 is 9.47 Å². The highest BCUT2D eigenvalue weighted by molar-refractivity contribution is 5.75. The average molecular weight is 415 g/mol. The minimum atomic E-state index is 0.458. The minimum absolute atomic E-state index is 0.458. The van der Waals surface area contributed by atoms with Gasteiger partial charge in [0.2, 0.25) is 0 Å². The fraction of sp³-hybridized carbons (Fsp3) is 0.296. The Hall–Kier alpha value is -3.27. The number of nitrogens with zero attached hydrogens (tertiary/aromatic N) is 2. The molecule has 0 amide bonds. The zero-order valence-electron chi connectivity index (χ0n) is 18.4. The molecule has 3 aromatic carbocycles. The second-order valence-electron chi connectivity index (χ2n) is 7.78. The summed E-state index contributed by atoms with van der Waals surface area (Å²) in [5.41, 5.74) is 4.63. The largest absolute Gasteiger partial charge is 0.494 e. The smallest absolute Gasteiger partial charge is 0.147 e. The number of ether oxygens (including phenoxy) is 2. The van der Waals surface area contributed by atoms with Crippen LogP contribution in [0.4, 0.5) is 0 Å². The molecule has 0 aliphatic rings. The van der Waals surface area contributed by atoms with Gasteiger partial charge in [0.15, 0.2) is 0 Å². The highest BCUT2D eigenvalue weighted by Crippen LogP contribution is 2.21. The van der Waals surface area contributed by atoms with Gasteiger partial charge in [-0.15, -0.1) is 0 Å². The van der Waals surface area contributed by atoms with Crippen LogP contribution in [0.5, 0.6) is 11.5 Å².